The lowest BCUT2D eigenvalue weighted by atomic mass is 10.1. The molecule has 0 atom stereocenters. The van der Waals surface area contributed by atoms with Crippen molar-refractivity contribution in [3.63, 3.8) is 0 Å². The molecule has 0 bridgehead atoms. The molecule has 0 unspecified atom stereocenters. The number of unbranched alkanes of at least 4 members (excludes halogenated alkanes) is 18. The fraction of sp³-hybridized carbons (Fsp3) is 0.795. The van der Waals surface area contributed by atoms with E-state index in [9.17, 15) is 0 Å². The molecule has 0 aliphatic carbocycles. The highest BCUT2D eigenvalue weighted by atomic mass is 16.7. The summed E-state index contributed by atoms with van der Waals surface area (Å²) in [6.07, 6.45) is 49.4. The fourth-order valence-corrected chi connectivity index (χ4v) is 4.92. The molecule has 0 aromatic carbocycles. The predicted octanol–water partition coefficient (Wildman–Crippen LogP) is 12.7. The Morgan fingerprint density at radius 3 is 1.05 bits per heavy atom. The van der Waals surface area contributed by atoms with Crippen LogP contribution >= 0.6 is 0 Å². The molecule has 3 heteroatoms. The maximum absolute atomic E-state index is 6.36. The largest absolute Gasteiger partial charge is 0.338 e. The van der Waals surface area contributed by atoms with Crippen molar-refractivity contribution in [2.24, 2.45) is 5.73 Å². The van der Waals surface area contributed by atoms with Crippen LogP contribution < -0.4 is 5.73 Å². The van der Waals surface area contributed by atoms with Crippen molar-refractivity contribution in [3.05, 3.63) is 48.6 Å². The van der Waals surface area contributed by atoms with Gasteiger partial charge in [0.05, 0.1) is 13.2 Å². The summed E-state index contributed by atoms with van der Waals surface area (Å²) >= 11 is 0. The van der Waals surface area contributed by atoms with Gasteiger partial charge in [-0.2, -0.15) is 0 Å². The van der Waals surface area contributed by atoms with Gasteiger partial charge in [0.25, 0.3) is 0 Å². The topological polar surface area (TPSA) is 44.5 Å². The first-order valence-electron chi connectivity index (χ1n) is 18.3. The van der Waals surface area contributed by atoms with Gasteiger partial charge in [-0.3, -0.25) is 5.73 Å². The average Bonchev–Trinajstić information content (AvgIpc) is 3.00. The minimum Gasteiger partial charge on any atom is -0.338 e. The van der Waals surface area contributed by atoms with Crippen molar-refractivity contribution < 1.29 is 9.47 Å². The number of hydrogen-bond donors (Lipinski definition) is 1. The summed E-state index contributed by atoms with van der Waals surface area (Å²) in [5.41, 5.74) is 6.36. The molecule has 0 aliphatic rings. The number of nitrogens with two attached hydrogens (primary N) is 1. The number of ether oxygens (including phenoxy) is 2. The minimum atomic E-state index is -0.909. The molecule has 3 nitrogen and oxygen atoms in total. The molecule has 42 heavy (non-hydrogen) atoms. The van der Waals surface area contributed by atoms with Gasteiger partial charge in [-0.25, -0.2) is 0 Å². The van der Waals surface area contributed by atoms with Gasteiger partial charge < -0.3 is 9.47 Å². The van der Waals surface area contributed by atoms with Crippen LogP contribution in [0, 0.1) is 0 Å². The molecule has 0 saturated carbocycles. The van der Waals surface area contributed by atoms with Crippen LogP contribution in [0.25, 0.3) is 0 Å². The Morgan fingerprint density at radius 2 is 0.714 bits per heavy atom. The van der Waals surface area contributed by atoms with Crippen molar-refractivity contribution in [2.45, 2.75) is 187 Å². The van der Waals surface area contributed by atoms with Gasteiger partial charge in [0, 0.05) is 6.42 Å². The molecular formula is C39H73NO2. The summed E-state index contributed by atoms with van der Waals surface area (Å²) in [6.45, 7) is 7.97. The number of rotatable bonds is 33. The predicted molar refractivity (Wildman–Crippen MR) is 188 cm³/mol. The highest BCUT2D eigenvalue weighted by molar-refractivity contribution is 4.93. The van der Waals surface area contributed by atoms with Gasteiger partial charge in [-0.1, -0.05) is 146 Å². The SMILES string of the molecule is CCCCC/C=C\C/C=C\CCCCCCCCOC(N)(CC)OCCCCCCCC/C=C\C/C=C\CCCCC. The smallest absolute Gasteiger partial charge is 0.224 e. The third-order valence-corrected chi connectivity index (χ3v) is 7.88. The minimum absolute atomic E-state index is 0.692. The monoisotopic (exact) mass is 588 g/mol. The van der Waals surface area contributed by atoms with Crippen LogP contribution in [0.15, 0.2) is 48.6 Å². The van der Waals surface area contributed by atoms with E-state index in [2.05, 4.69) is 69.4 Å². The lowest BCUT2D eigenvalue weighted by molar-refractivity contribution is -0.236. The van der Waals surface area contributed by atoms with Crippen LogP contribution in [0.1, 0.15) is 181 Å². The Balaban J connectivity index is 3.52. The van der Waals surface area contributed by atoms with Gasteiger partial charge in [-0.15, -0.1) is 0 Å². The van der Waals surface area contributed by atoms with Crippen molar-refractivity contribution in [3.8, 4) is 0 Å². The van der Waals surface area contributed by atoms with Crippen LogP contribution in [-0.4, -0.2) is 19.1 Å². The Kier molecular flexibility index (Phi) is 33.4. The van der Waals surface area contributed by atoms with E-state index < -0.39 is 5.91 Å². The van der Waals surface area contributed by atoms with Gasteiger partial charge in [0.15, 0.2) is 0 Å². The molecular weight excluding hydrogens is 514 g/mol. The summed E-state index contributed by atoms with van der Waals surface area (Å²) in [4.78, 5) is 0. The van der Waals surface area contributed by atoms with Crippen LogP contribution in [0.2, 0.25) is 0 Å². The van der Waals surface area contributed by atoms with Gasteiger partial charge >= 0.3 is 0 Å². The van der Waals surface area contributed by atoms with E-state index in [0.717, 1.165) is 25.7 Å². The molecule has 0 radical (unpaired) electrons. The summed E-state index contributed by atoms with van der Waals surface area (Å²) in [6, 6.07) is 0. The molecule has 0 aromatic heterocycles. The van der Waals surface area contributed by atoms with E-state index >= 15 is 0 Å². The van der Waals surface area contributed by atoms with E-state index in [1.165, 1.54) is 128 Å². The standard InChI is InChI=1S/C39H73NO2/c1-4-7-9-11-13-15-17-19-21-23-25-27-29-31-33-35-37-41-39(40,6-3)42-38-36-34-32-30-28-26-24-22-20-18-16-14-12-10-8-5-2/h13-16,19-22H,4-12,17-18,23-38,40H2,1-3H3/b15-13-,16-14-,21-19-,22-20-. The van der Waals surface area contributed by atoms with Gasteiger partial charge in [0.2, 0.25) is 5.91 Å². The van der Waals surface area contributed by atoms with Crippen molar-refractivity contribution >= 4 is 0 Å². The Labute approximate surface area is 263 Å². The Hall–Kier alpha value is -1.16. The van der Waals surface area contributed by atoms with Crippen LogP contribution in [0.5, 0.6) is 0 Å². The third kappa shape index (κ3) is 31.8. The maximum Gasteiger partial charge on any atom is 0.224 e. The van der Waals surface area contributed by atoms with Crippen molar-refractivity contribution in [1.82, 2.24) is 0 Å². The molecule has 0 fully saturated rings. The highest BCUT2D eigenvalue weighted by Gasteiger charge is 2.23. The second kappa shape index (κ2) is 34.3. The zero-order chi connectivity index (χ0) is 30.7. The maximum atomic E-state index is 6.36. The van der Waals surface area contributed by atoms with E-state index in [0.29, 0.717) is 19.6 Å². The summed E-state index contributed by atoms with van der Waals surface area (Å²) in [5, 5.41) is 0. The second-order valence-corrected chi connectivity index (χ2v) is 12.0. The Morgan fingerprint density at radius 1 is 0.405 bits per heavy atom. The first-order valence-corrected chi connectivity index (χ1v) is 18.3. The lowest BCUT2D eigenvalue weighted by Gasteiger charge is -2.28. The van der Waals surface area contributed by atoms with Crippen molar-refractivity contribution in [1.29, 1.82) is 0 Å². The number of allylic oxidation sites excluding steroid dienone is 8. The first kappa shape index (κ1) is 40.8. The average molecular weight is 588 g/mol. The van der Waals surface area contributed by atoms with E-state index in [1.807, 2.05) is 0 Å². The van der Waals surface area contributed by atoms with E-state index in [-0.39, 0.29) is 0 Å². The quantitative estimate of drug-likeness (QED) is 0.0472. The molecule has 2 N–H and O–H groups in total. The normalized spacial score (nSPS) is 12.8. The first-order chi connectivity index (χ1) is 20.7. The molecule has 246 valence electrons. The lowest BCUT2D eigenvalue weighted by Crippen LogP contribution is -2.45. The molecule has 0 amide bonds. The summed E-state index contributed by atoms with van der Waals surface area (Å²) in [5.74, 6) is -0.909. The van der Waals surface area contributed by atoms with Gasteiger partial charge in [0.1, 0.15) is 0 Å². The molecule has 0 aromatic rings. The third-order valence-electron chi connectivity index (χ3n) is 7.88. The Bertz CT molecular complexity index is 586. The van der Waals surface area contributed by atoms with Crippen LogP contribution in [0.3, 0.4) is 0 Å². The zero-order valence-corrected chi connectivity index (χ0v) is 28.6. The fourth-order valence-electron chi connectivity index (χ4n) is 4.92. The second-order valence-electron chi connectivity index (χ2n) is 12.0. The molecule has 0 heterocycles. The van der Waals surface area contributed by atoms with E-state index in [1.54, 1.807) is 0 Å². The van der Waals surface area contributed by atoms with Crippen LogP contribution in [0.4, 0.5) is 0 Å². The van der Waals surface area contributed by atoms with Crippen molar-refractivity contribution in [2.75, 3.05) is 13.2 Å². The molecule has 0 aliphatic heterocycles. The van der Waals surface area contributed by atoms with E-state index in [4.69, 9.17) is 15.2 Å². The highest BCUT2D eigenvalue weighted by Crippen LogP contribution is 2.15. The molecule has 0 rings (SSSR count). The molecule has 0 spiro atoms. The number of hydrogen-bond acceptors (Lipinski definition) is 3. The summed E-state index contributed by atoms with van der Waals surface area (Å²) in [7, 11) is 0. The summed E-state index contributed by atoms with van der Waals surface area (Å²) < 4.78 is 11.9. The van der Waals surface area contributed by atoms with Crippen LogP contribution in [-0.2, 0) is 9.47 Å². The molecule has 0 saturated heterocycles. The van der Waals surface area contributed by atoms with Gasteiger partial charge in [-0.05, 0) is 77.0 Å². The zero-order valence-electron chi connectivity index (χ0n) is 28.6.